The van der Waals surface area contributed by atoms with Crippen LogP contribution in [0.1, 0.15) is 38.3 Å². The highest BCUT2D eigenvalue weighted by molar-refractivity contribution is 5.00. The number of aryl methyl sites for hydroxylation is 2. The molecule has 0 bridgehead atoms. The van der Waals surface area contributed by atoms with Crippen LogP contribution in [0.3, 0.4) is 0 Å². The van der Waals surface area contributed by atoms with Gasteiger partial charge in [0.15, 0.2) is 0 Å². The number of hydrogen-bond donors (Lipinski definition) is 1. The maximum absolute atomic E-state index is 5.65. The third-order valence-corrected chi connectivity index (χ3v) is 4.06. The quantitative estimate of drug-likeness (QED) is 0.821. The molecule has 1 aliphatic heterocycles. The lowest BCUT2D eigenvalue weighted by Gasteiger charge is -2.31. The van der Waals surface area contributed by atoms with E-state index in [9.17, 15) is 0 Å². The molecule has 2 unspecified atom stereocenters. The smallest absolute Gasteiger partial charge is 0.0509 e. The van der Waals surface area contributed by atoms with Gasteiger partial charge in [0.25, 0.3) is 0 Å². The van der Waals surface area contributed by atoms with E-state index in [2.05, 4.69) is 23.4 Å². The molecule has 4 heteroatoms. The van der Waals surface area contributed by atoms with Gasteiger partial charge in [-0.15, -0.1) is 0 Å². The molecule has 0 aliphatic carbocycles. The molecule has 0 spiro atoms. The number of nitrogens with zero attached hydrogens (tertiary/aromatic N) is 2. The fraction of sp³-hybridized carbons (Fsp3) is 0.800. The Morgan fingerprint density at radius 1 is 1.58 bits per heavy atom. The van der Waals surface area contributed by atoms with E-state index >= 15 is 0 Å². The minimum Gasteiger partial charge on any atom is -0.381 e. The molecule has 4 nitrogen and oxygen atoms in total. The van der Waals surface area contributed by atoms with Crippen LogP contribution in [0.5, 0.6) is 0 Å². The molecule has 0 aromatic carbocycles. The van der Waals surface area contributed by atoms with Crippen LogP contribution in [0.25, 0.3) is 0 Å². The number of aromatic nitrogens is 2. The Kier molecular flexibility index (Phi) is 5.86. The normalized spacial score (nSPS) is 21.5. The monoisotopic (exact) mass is 265 g/mol. The SMILES string of the molecule is CCCNC(CCc1ccnn1C)C1CCCOC1. The van der Waals surface area contributed by atoms with Crippen molar-refractivity contribution >= 4 is 0 Å². The molecular weight excluding hydrogens is 238 g/mol. The maximum atomic E-state index is 5.65. The Balaban J connectivity index is 1.87. The molecule has 108 valence electrons. The van der Waals surface area contributed by atoms with Gasteiger partial charge in [-0.3, -0.25) is 4.68 Å². The van der Waals surface area contributed by atoms with E-state index in [0.717, 1.165) is 26.2 Å². The highest BCUT2D eigenvalue weighted by Crippen LogP contribution is 2.21. The molecule has 1 aliphatic rings. The first-order chi connectivity index (χ1) is 9.31. The van der Waals surface area contributed by atoms with E-state index < -0.39 is 0 Å². The van der Waals surface area contributed by atoms with Crippen molar-refractivity contribution in [3.05, 3.63) is 18.0 Å². The number of hydrogen-bond acceptors (Lipinski definition) is 3. The van der Waals surface area contributed by atoms with Crippen LogP contribution in [0.2, 0.25) is 0 Å². The van der Waals surface area contributed by atoms with E-state index in [1.165, 1.54) is 31.4 Å². The lowest BCUT2D eigenvalue weighted by molar-refractivity contribution is 0.0379. The van der Waals surface area contributed by atoms with Gasteiger partial charge in [0.05, 0.1) is 6.61 Å². The highest BCUT2D eigenvalue weighted by atomic mass is 16.5. The minimum atomic E-state index is 0.579. The van der Waals surface area contributed by atoms with Crippen molar-refractivity contribution < 1.29 is 4.74 Å². The van der Waals surface area contributed by atoms with Crippen LogP contribution in [0, 0.1) is 5.92 Å². The summed E-state index contributed by atoms with van der Waals surface area (Å²) in [6, 6.07) is 2.70. The Labute approximate surface area is 116 Å². The molecular formula is C15H27N3O. The largest absolute Gasteiger partial charge is 0.381 e. The molecule has 0 radical (unpaired) electrons. The predicted molar refractivity (Wildman–Crippen MR) is 77.2 cm³/mol. The van der Waals surface area contributed by atoms with Gasteiger partial charge in [-0.1, -0.05) is 6.92 Å². The average molecular weight is 265 g/mol. The van der Waals surface area contributed by atoms with E-state index in [1.54, 1.807) is 0 Å². The summed E-state index contributed by atoms with van der Waals surface area (Å²) in [4.78, 5) is 0. The zero-order valence-electron chi connectivity index (χ0n) is 12.3. The average Bonchev–Trinajstić information content (AvgIpc) is 2.85. The molecule has 2 atom stereocenters. The Morgan fingerprint density at radius 2 is 2.47 bits per heavy atom. The van der Waals surface area contributed by atoms with Crippen LogP contribution in [0.15, 0.2) is 12.3 Å². The Hall–Kier alpha value is -0.870. The third-order valence-electron chi connectivity index (χ3n) is 4.06. The summed E-state index contributed by atoms with van der Waals surface area (Å²) in [6.45, 7) is 5.20. The molecule has 1 aromatic heterocycles. The predicted octanol–water partition coefficient (Wildman–Crippen LogP) is 2.15. The number of ether oxygens (including phenoxy) is 1. The van der Waals surface area contributed by atoms with Gasteiger partial charge in [-0.25, -0.2) is 0 Å². The third kappa shape index (κ3) is 4.32. The van der Waals surface area contributed by atoms with Gasteiger partial charge in [0, 0.05) is 31.6 Å². The lowest BCUT2D eigenvalue weighted by Crippen LogP contribution is -2.41. The lowest BCUT2D eigenvalue weighted by atomic mass is 9.90. The summed E-state index contributed by atoms with van der Waals surface area (Å²) in [5, 5.41) is 7.95. The first-order valence-corrected chi connectivity index (χ1v) is 7.59. The number of nitrogens with one attached hydrogen (secondary N) is 1. The molecule has 0 saturated carbocycles. The first kappa shape index (κ1) is 14.5. The fourth-order valence-electron chi connectivity index (χ4n) is 2.87. The molecule has 1 aromatic rings. The van der Waals surface area contributed by atoms with Gasteiger partial charge < -0.3 is 10.1 Å². The van der Waals surface area contributed by atoms with Crippen LogP contribution in [-0.2, 0) is 18.2 Å². The summed E-state index contributed by atoms with van der Waals surface area (Å²) in [6.07, 6.45) is 7.85. The summed E-state index contributed by atoms with van der Waals surface area (Å²) >= 11 is 0. The zero-order valence-corrected chi connectivity index (χ0v) is 12.3. The van der Waals surface area contributed by atoms with E-state index in [-0.39, 0.29) is 0 Å². The maximum Gasteiger partial charge on any atom is 0.0509 e. The second kappa shape index (κ2) is 7.65. The van der Waals surface area contributed by atoms with Crippen molar-refractivity contribution in [3.63, 3.8) is 0 Å². The van der Waals surface area contributed by atoms with Gasteiger partial charge in [0.1, 0.15) is 0 Å². The summed E-state index contributed by atoms with van der Waals surface area (Å²) in [5.74, 6) is 0.675. The Morgan fingerprint density at radius 3 is 3.11 bits per heavy atom. The standard InChI is InChI=1S/C15H27N3O/c1-3-9-16-15(13-5-4-11-19-12-13)7-6-14-8-10-17-18(14)2/h8,10,13,15-16H,3-7,9,11-12H2,1-2H3. The Bertz CT molecular complexity index is 358. The molecule has 1 saturated heterocycles. The summed E-state index contributed by atoms with van der Waals surface area (Å²) < 4.78 is 7.63. The molecule has 1 fully saturated rings. The van der Waals surface area contributed by atoms with Crippen molar-refractivity contribution in [1.29, 1.82) is 0 Å². The fourth-order valence-corrected chi connectivity index (χ4v) is 2.87. The topological polar surface area (TPSA) is 39.1 Å². The van der Waals surface area contributed by atoms with E-state index in [1.807, 2.05) is 17.9 Å². The second-order valence-electron chi connectivity index (χ2n) is 5.52. The van der Waals surface area contributed by atoms with Crippen LogP contribution in [0.4, 0.5) is 0 Å². The van der Waals surface area contributed by atoms with E-state index in [0.29, 0.717) is 12.0 Å². The summed E-state index contributed by atoms with van der Waals surface area (Å²) in [7, 11) is 2.02. The molecule has 2 rings (SSSR count). The zero-order chi connectivity index (χ0) is 13.5. The van der Waals surface area contributed by atoms with Gasteiger partial charge in [0.2, 0.25) is 0 Å². The minimum absolute atomic E-state index is 0.579. The van der Waals surface area contributed by atoms with Crippen molar-refractivity contribution in [2.45, 2.75) is 45.1 Å². The van der Waals surface area contributed by atoms with Crippen LogP contribution < -0.4 is 5.32 Å². The van der Waals surface area contributed by atoms with Crippen LogP contribution >= 0.6 is 0 Å². The first-order valence-electron chi connectivity index (χ1n) is 7.59. The van der Waals surface area contributed by atoms with Crippen molar-refractivity contribution in [3.8, 4) is 0 Å². The summed E-state index contributed by atoms with van der Waals surface area (Å²) in [5.41, 5.74) is 1.32. The highest BCUT2D eigenvalue weighted by Gasteiger charge is 2.23. The molecule has 1 N–H and O–H groups in total. The van der Waals surface area contributed by atoms with Crippen molar-refractivity contribution in [1.82, 2.24) is 15.1 Å². The van der Waals surface area contributed by atoms with Gasteiger partial charge in [-0.05, 0) is 50.6 Å². The molecule has 19 heavy (non-hydrogen) atoms. The van der Waals surface area contributed by atoms with Crippen LogP contribution in [-0.4, -0.2) is 35.6 Å². The second-order valence-corrected chi connectivity index (χ2v) is 5.52. The van der Waals surface area contributed by atoms with Gasteiger partial charge >= 0.3 is 0 Å². The van der Waals surface area contributed by atoms with Crippen molar-refractivity contribution in [2.75, 3.05) is 19.8 Å². The van der Waals surface area contributed by atoms with E-state index in [4.69, 9.17) is 4.74 Å². The number of rotatable bonds is 7. The van der Waals surface area contributed by atoms with Crippen molar-refractivity contribution in [2.24, 2.45) is 13.0 Å². The molecule has 0 amide bonds. The molecule has 2 heterocycles. The van der Waals surface area contributed by atoms with Gasteiger partial charge in [-0.2, -0.15) is 5.10 Å².